The average molecular weight is 410 g/mol. The topological polar surface area (TPSA) is 70.2 Å². The number of benzene rings is 3. The molecule has 0 saturated heterocycles. The predicted molar refractivity (Wildman–Crippen MR) is 116 cm³/mol. The van der Waals surface area contributed by atoms with Crippen LogP contribution in [0, 0.1) is 0 Å². The van der Waals surface area contributed by atoms with E-state index in [1.807, 2.05) is 18.2 Å². The third-order valence-corrected chi connectivity index (χ3v) is 4.29. The number of carbonyl (C=O) groups is 2. The molecular weight excluding hydrogens is 394 g/mol. The van der Waals surface area contributed by atoms with Crippen LogP contribution in [0.15, 0.2) is 78.9 Å². The fraction of sp³-hybridized carbons (Fsp3) is 0. The second-order valence-electron chi connectivity index (χ2n) is 5.79. The maximum Gasteiger partial charge on any atom is 0.258 e. The minimum Gasteiger partial charge on any atom is -0.332 e. The van der Waals surface area contributed by atoms with E-state index in [-0.39, 0.29) is 11.0 Å². The van der Waals surface area contributed by atoms with Crippen molar-refractivity contribution >= 4 is 52.1 Å². The predicted octanol–water partition coefficient (Wildman–Crippen LogP) is 4.72. The van der Waals surface area contributed by atoms with Gasteiger partial charge in [0.15, 0.2) is 5.11 Å². The van der Waals surface area contributed by atoms with Crippen molar-refractivity contribution in [3.05, 3.63) is 95.0 Å². The Bertz CT molecular complexity index is 1020. The number of para-hydroxylation sites is 1. The zero-order valence-corrected chi connectivity index (χ0v) is 16.2. The lowest BCUT2D eigenvalue weighted by atomic mass is 10.2. The fourth-order valence-corrected chi connectivity index (χ4v) is 2.87. The summed E-state index contributed by atoms with van der Waals surface area (Å²) in [5.41, 5.74) is 2.05. The number of carbonyl (C=O) groups excluding carboxylic acids is 2. The zero-order valence-electron chi connectivity index (χ0n) is 14.6. The molecule has 0 aliphatic carbocycles. The molecule has 0 aliphatic rings. The Kier molecular flexibility index (Phi) is 6.37. The first-order chi connectivity index (χ1) is 13.5. The van der Waals surface area contributed by atoms with E-state index in [0.717, 1.165) is 0 Å². The largest absolute Gasteiger partial charge is 0.332 e. The summed E-state index contributed by atoms with van der Waals surface area (Å²) >= 11 is 11.2. The van der Waals surface area contributed by atoms with Crippen LogP contribution in [0.4, 0.5) is 11.4 Å². The van der Waals surface area contributed by atoms with Crippen LogP contribution in [0.1, 0.15) is 20.7 Å². The van der Waals surface area contributed by atoms with Gasteiger partial charge in [0.05, 0.1) is 10.6 Å². The van der Waals surface area contributed by atoms with Crippen LogP contribution in [-0.2, 0) is 0 Å². The van der Waals surface area contributed by atoms with Crippen molar-refractivity contribution in [2.45, 2.75) is 0 Å². The van der Waals surface area contributed by atoms with E-state index >= 15 is 0 Å². The minimum atomic E-state index is -0.416. The third kappa shape index (κ3) is 5.16. The Morgan fingerprint density at radius 3 is 2.18 bits per heavy atom. The van der Waals surface area contributed by atoms with Crippen molar-refractivity contribution in [2.24, 2.45) is 0 Å². The van der Waals surface area contributed by atoms with Crippen molar-refractivity contribution < 1.29 is 9.59 Å². The summed E-state index contributed by atoms with van der Waals surface area (Å²) in [5, 5.41) is 8.72. The van der Waals surface area contributed by atoms with Crippen LogP contribution in [0.25, 0.3) is 0 Å². The van der Waals surface area contributed by atoms with Gasteiger partial charge >= 0.3 is 0 Å². The third-order valence-electron chi connectivity index (χ3n) is 3.76. The monoisotopic (exact) mass is 409 g/mol. The first kappa shape index (κ1) is 19.5. The molecule has 0 spiro atoms. The lowest BCUT2D eigenvalue weighted by Crippen LogP contribution is -2.34. The Balaban J connectivity index is 1.64. The summed E-state index contributed by atoms with van der Waals surface area (Å²) in [6, 6.07) is 22.7. The first-order valence-corrected chi connectivity index (χ1v) is 9.15. The molecule has 3 aromatic carbocycles. The van der Waals surface area contributed by atoms with Gasteiger partial charge in [-0.25, -0.2) is 0 Å². The Hall–Kier alpha value is -3.22. The van der Waals surface area contributed by atoms with E-state index in [2.05, 4.69) is 16.0 Å². The Labute approximate surface area is 172 Å². The maximum atomic E-state index is 12.4. The maximum absolute atomic E-state index is 12.4. The molecule has 140 valence electrons. The molecule has 0 bridgehead atoms. The van der Waals surface area contributed by atoms with Crippen LogP contribution in [-0.4, -0.2) is 16.9 Å². The second-order valence-corrected chi connectivity index (χ2v) is 6.60. The van der Waals surface area contributed by atoms with Gasteiger partial charge in [0.1, 0.15) is 0 Å². The molecule has 0 unspecified atom stereocenters. The van der Waals surface area contributed by atoms with Crippen LogP contribution >= 0.6 is 23.8 Å². The number of thiocarbonyl (C=S) groups is 1. The molecule has 0 atom stereocenters. The van der Waals surface area contributed by atoms with Crippen molar-refractivity contribution in [1.29, 1.82) is 0 Å². The van der Waals surface area contributed by atoms with Gasteiger partial charge < -0.3 is 10.6 Å². The minimum absolute atomic E-state index is 0.102. The number of hydrogen-bond donors (Lipinski definition) is 3. The zero-order chi connectivity index (χ0) is 19.9. The highest BCUT2D eigenvalue weighted by molar-refractivity contribution is 7.80. The van der Waals surface area contributed by atoms with Gasteiger partial charge in [-0.3, -0.25) is 14.9 Å². The molecule has 3 N–H and O–H groups in total. The Morgan fingerprint density at radius 1 is 0.750 bits per heavy atom. The van der Waals surface area contributed by atoms with E-state index in [1.54, 1.807) is 60.7 Å². The van der Waals surface area contributed by atoms with Gasteiger partial charge in [-0.2, -0.15) is 0 Å². The molecule has 3 rings (SSSR count). The molecule has 0 heterocycles. The molecule has 28 heavy (non-hydrogen) atoms. The van der Waals surface area contributed by atoms with Crippen molar-refractivity contribution in [3.63, 3.8) is 0 Å². The lowest BCUT2D eigenvalue weighted by Gasteiger charge is -2.11. The highest BCUT2D eigenvalue weighted by atomic mass is 35.5. The summed E-state index contributed by atoms with van der Waals surface area (Å²) in [6.07, 6.45) is 0. The molecule has 0 saturated carbocycles. The number of anilines is 2. The molecule has 5 nitrogen and oxygen atoms in total. The van der Waals surface area contributed by atoms with Gasteiger partial charge in [0.25, 0.3) is 11.8 Å². The molecular formula is C21H16ClN3O2S. The van der Waals surface area contributed by atoms with Crippen LogP contribution in [0.2, 0.25) is 5.02 Å². The number of rotatable bonds is 4. The number of amides is 2. The number of halogens is 1. The first-order valence-electron chi connectivity index (χ1n) is 8.36. The van der Waals surface area contributed by atoms with Crippen molar-refractivity contribution in [3.8, 4) is 0 Å². The molecule has 0 fully saturated rings. The summed E-state index contributed by atoms with van der Waals surface area (Å²) < 4.78 is 0. The normalized spacial score (nSPS) is 10.0. The second kappa shape index (κ2) is 9.12. The van der Waals surface area contributed by atoms with Crippen LogP contribution in [0.5, 0.6) is 0 Å². The van der Waals surface area contributed by atoms with E-state index in [4.69, 9.17) is 23.8 Å². The Morgan fingerprint density at radius 2 is 1.43 bits per heavy atom. The highest BCUT2D eigenvalue weighted by Crippen LogP contribution is 2.16. The van der Waals surface area contributed by atoms with E-state index < -0.39 is 5.91 Å². The molecule has 2 amide bonds. The van der Waals surface area contributed by atoms with Gasteiger partial charge in [-0.05, 0) is 54.7 Å². The van der Waals surface area contributed by atoms with Gasteiger partial charge in [0, 0.05) is 16.9 Å². The summed E-state index contributed by atoms with van der Waals surface area (Å²) in [5.74, 6) is -0.665. The quantitative estimate of drug-likeness (QED) is 0.545. The van der Waals surface area contributed by atoms with Gasteiger partial charge in [-0.15, -0.1) is 0 Å². The highest BCUT2D eigenvalue weighted by Gasteiger charge is 2.12. The molecule has 7 heteroatoms. The van der Waals surface area contributed by atoms with Crippen LogP contribution in [0.3, 0.4) is 0 Å². The van der Waals surface area contributed by atoms with Crippen molar-refractivity contribution in [2.75, 3.05) is 10.6 Å². The number of hydrogen-bond acceptors (Lipinski definition) is 3. The lowest BCUT2D eigenvalue weighted by molar-refractivity contribution is 0.0976. The van der Waals surface area contributed by atoms with E-state index in [0.29, 0.717) is 27.5 Å². The summed E-state index contributed by atoms with van der Waals surface area (Å²) in [4.78, 5) is 24.7. The molecule has 0 radical (unpaired) electrons. The SMILES string of the molecule is O=C(Nc1ccccc1)c1cccc(NC(=S)NC(=O)c2ccccc2Cl)c1. The van der Waals surface area contributed by atoms with Crippen molar-refractivity contribution in [1.82, 2.24) is 5.32 Å². The van der Waals surface area contributed by atoms with Gasteiger partial charge in [0.2, 0.25) is 0 Å². The number of nitrogens with one attached hydrogen (secondary N) is 3. The molecule has 0 aromatic heterocycles. The van der Waals surface area contributed by atoms with E-state index in [9.17, 15) is 9.59 Å². The standard InChI is InChI=1S/C21H16ClN3O2S/c22-18-12-5-4-11-17(18)20(27)25-21(28)24-16-10-6-7-14(13-16)19(26)23-15-8-2-1-3-9-15/h1-13H,(H,23,26)(H2,24,25,27,28). The fourth-order valence-electron chi connectivity index (χ4n) is 2.44. The van der Waals surface area contributed by atoms with Crippen LogP contribution < -0.4 is 16.0 Å². The van der Waals surface area contributed by atoms with E-state index in [1.165, 1.54) is 0 Å². The summed E-state index contributed by atoms with van der Waals surface area (Å²) in [7, 11) is 0. The average Bonchev–Trinajstić information content (AvgIpc) is 2.69. The molecule has 3 aromatic rings. The smallest absolute Gasteiger partial charge is 0.258 e. The van der Waals surface area contributed by atoms with Gasteiger partial charge in [-0.1, -0.05) is 48.0 Å². The molecule has 0 aliphatic heterocycles. The summed E-state index contributed by atoms with van der Waals surface area (Å²) in [6.45, 7) is 0.